The van der Waals surface area contributed by atoms with Crippen LogP contribution in [0.25, 0.3) is 0 Å². The van der Waals surface area contributed by atoms with Crippen LogP contribution in [0.3, 0.4) is 0 Å². The highest BCUT2D eigenvalue weighted by Crippen LogP contribution is 2.29. The van der Waals surface area contributed by atoms with Crippen molar-refractivity contribution in [2.75, 3.05) is 20.1 Å². The molecule has 9 heteroatoms. The Morgan fingerprint density at radius 1 is 1.18 bits per heavy atom. The monoisotopic (exact) mass is 395 g/mol. The number of hydrogen-bond acceptors (Lipinski definition) is 5. The van der Waals surface area contributed by atoms with Gasteiger partial charge >= 0.3 is 0 Å². The maximum atomic E-state index is 13.3. The lowest BCUT2D eigenvalue weighted by molar-refractivity contribution is -0.146. The normalized spacial score (nSPS) is 26.5. The van der Waals surface area contributed by atoms with E-state index in [9.17, 15) is 19.2 Å². The summed E-state index contributed by atoms with van der Waals surface area (Å²) < 4.78 is 0. The first-order valence-corrected chi connectivity index (χ1v) is 10.0. The van der Waals surface area contributed by atoms with Gasteiger partial charge in [-0.2, -0.15) is 0 Å². The molecule has 0 aromatic heterocycles. The van der Waals surface area contributed by atoms with E-state index in [0.717, 1.165) is 0 Å². The van der Waals surface area contributed by atoms with Gasteiger partial charge in [0.1, 0.15) is 12.1 Å². The number of nitrogens with one attached hydrogen (secondary N) is 2. The second-order valence-corrected chi connectivity index (χ2v) is 8.19. The fraction of sp³-hybridized carbons (Fsp3) is 0.789. The Kier molecular flexibility index (Phi) is 7.40. The van der Waals surface area contributed by atoms with Crippen LogP contribution in [-0.2, 0) is 19.2 Å². The molecule has 0 radical (unpaired) electrons. The summed E-state index contributed by atoms with van der Waals surface area (Å²) in [7, 11) is 1.66. The van der Waals surface area contributed by atoms with Gasteiger partial charge in [0, 0.05) is 25.6 Å². The fourth-order valence-electron chi connectivity index (χ4n) is 3.89. The topological polar surface area (TPSA) is 125 Å². The number of carbonyl (C=O) groups excluding carboxylic acids is 4. The zero-order chi connectivity index (χ0) is 21.0. The number of primary amides is 1. The first kappa shape index (κ1) is 22.1. The molecule has 0 bridgehead atoms. The van der Waals surface area contributed by atoms with Crippen LogP contribution in [-0.4, -0.2) is 77.7 Å². The van der Waals surface area contributed by atoms with Gasteiger partial charge in [-0.3, -0.25) is 19.2 Å². The van der Waals surface area contributed by atoms with E-state index in [1.165, 1.54) is 0 Å². The van der Waals surface area contributed by atoms with Crippen LogP contribution < -0.4 is 16.4 Å². The van der Waals surface area contributed by atoms with Crippen LogP contribution in [0.1, 0.15) is 46.5 Å². The number of nitrogens with zero attached hydrogens (tertiary/aromatic N) is 2. The Balaban J connectivity index is 2.28. The second-order valence-electron chi connectivity index (χ2n) is 8.19. The average molecular weight is 396 g/mol. The van der Waals surface area contributed by atoms with Crippen molar-refractivity contribution >= 4 is 23.6 Å². The quantitative estimate of drug-likeness (QED) is 0.543. The van der Waals surface area contributed by atoms with Gasteiger partial charge in [-0.05, 0) is 39.2 Å². The third-order valence-electron chi connectivity index (χ3n) is 5.60. The fourth-order valence-corrected chi connectivity index (χ4v) is 3.89. The first-order valence-electron chi connectivity index (χ1n) is 10.0. The summed E-state index contributed by atoms with van der Waals surface area (Å²) >= 11 is 0. The van der Waals surface area contributed by atoms with E-state index >= 15 is 0 Å². The van der Waals surface area contributed by atoms with E-state index in [1.807, 2.05) is 13.8 Å². The minimum absolute atomic E-state index is 0.0263. The number of fused-ring (bicyclic) bond motifs is 1. The molecule has 0 saturated carbocycles. The van der Waals surface area contributed by atoms with Gasteiger partial charge in [-0.25, -0.2) is 0 Å². The van der Waals surface area contributed by atoms with Crippen molar-refractivity contribution in [1.82, 2.24) is 20.4 Å². The Morgan fingerprint density at radius 2 is 1.86 bits per heavy atom. The Morgan fingerprint density at radius 3 is 2.43 bits per heavy atom. The Bertz CT molecular complexity index is 623. The minimum Gasteiger partial charge on any atom is -0.368 e. The van der Waals surface area contributed by atoms with Crippen molar-refractivity contribution in [3.63, 3.8) is 0 Å². The molecule has 0 aromatic rings. The number of hydrogen-bond donors (Lipinski definition) is 3. The number of amides is 4. The lowest BCUT2D eigenvalue weighted by Crippen LogP contribution is -2.62. The highest BCUT2D eigenvalue weighted by molar-refractivity contribution is 5.94. The van der Waals surface area contributed by atoms with Gasteiger partial charge in [-0.15, -0.1) is 0 Å². The molecule has 2 aliphatic heterocycles. The van der Waals surface area contributed by atoms with Gasteiger partial charge in [0.2, 0.25) is 23.6 Å². The molecular weight excluding hydrogens is 362 g/mol. The maximum absolute atomic E-state index is 13.3. The molecular formula is C19H33N5O4. The SMILES string of the molecule is CN[C@@H](C)C(=O)N[C@H]1CN(C(=O)CC(C)C)CC[C@H]2CC[C@@H](C(N)=O)N2C1=O. The lowest BCUT2D eigenvalue weighted by Gasteiger charge is -2.38. The van der Waals surface area contributed by atoms with Crippen LogP contribution in [0.4, 0.5) is 0 Å². The van der Waals surface area contributed by atoms with Crippen LogP contribution >= 0.6 is 0 Å². The highest BCUT2D eigenvalue weighted by atomic mass is 16.2. The summed E-state index contributed by atoms with van der Waals surface area (Å²) in [5.41, 5.74) is 5.51. The number of carbonyl (C=O) groups is 4. The molecule has 2 heterocycles. The second kappa shape index (κ2) is 9.36. The van der Waals surface area contributed by atoms with Gasteiger partial charge < -0.3 is 26.2 Å². The number of nitrogens with two attached hydrogens (primary N) is 1. The summed E-state index contributed by atoms with van der Waals surface area (Å²) in [6.07, 6.45) is 2.17. The molecule has 158 valence electrons. The van der Waals surface area contributed by atoms with Gasteiger partial charge in [-0.1, -0.05) is 13.8 Å². The molecule has 0 unspecified atom stereocenters. The van der Waals surface area contributed by atoms with E-state index in [2.05, 4.69) is 10.6 Å². The van der Waals surface area contributed by atoms with Crippen LogP contribution in [0, 0.1) is 5.92 Å². The van der Waals surface area contributed by atoms with E-state index in [-0.39, 0.29) is 36.2 Å². The smallest absolute Gasteiger partial charge is 0.247 e. The molecule has 9 nitrogen and oxygen atoms in total. The predicted molar refractivity (Wildman–Crippen MR) is 104 cm³/mol. The van der Waals surface area contributed by atoms with Crippen molar-refractivity contribution in [1.29, 1.82) is 0 Å². The molecule has 2 fully saturated rings. The summed E-state index contributed by atoms with van der Waals surface area (Å²) in [6.45, 7) is 6.21. The van der Waals surface area contributed by atoms with Gasteiger partial charge in [0.05, 0.1) is 6.04 Å². The van der Waals surface area contributed by atoms with Crippen molar-refractivity contribution in [3.8, 4) is 0 Å². The molecule has 4 N–H and O–H groups in total. The Hall–Kier alpha value is -2.16. The van der Waals surface area contributed by atoms with E-state index in [4.69, 9.17) is 5.73 Å². The van der Waals surface area contributed by atoms with Crippen molar-refractivity contribution < 1.29 is 19.2 Å². The van der Waals surface area contributed by atoms with Gasteiger partial charge in [0.25, 0.3) is 0 Å². The zero-order valence-electron chi connectivity index (χ0n) is 17.2. The number of likely N-dealkylation sites (N-methyl/N-ethyl adjacent to an activating group) is 1. The van der Waals surface area contributed by atoms with Crippen LogP contribution in [0.15, 0.2) is 0 Å². The number of rotatable bonds is 6. The molecule has 0 aliphatic carbocycles. The van der Waals surface area contributed by atoms with E-state index < -0.39 is 24.0 Å². The zero-order valence-corrected chi connectivity index (χ0v) is 17.2. The van der Waals surface area contributed by atoms with Crippen LogP contribution in [0.5, 0.6) is 0 Å². The maximum Gasteiger partial charge on any atom is 0.247 e. The predicted octanol–water partition coefficient (Wildman–Crippen LogP) is -0.798. The molecule has 2 rings (SSSR count). The minimum atomic E-state index is -0.901. The molecule has 4 amide bonds. The Labute approximate surface area is 166 Å². The summed E-state index contributed by atoms with van der Waals surface area (Å²) in [5, 5.41) is 5.60. The molecule has 2 aliphatic rings. The van der Waals surface area contributed by atoms with Crippen molar-refractivity contribution in [2.45, 2.75) is 70.6 Å². The van der Waals surface area contributed by atoms with Crippen molar-refractivity contribution in [3.05, 3.63) is 0 Å². The van der Waals surface area contributed by atoms with E-state index in [1.54, 1.807) is 23.8 Å². The summed E-state index contributed by atoms with van der Waals surface area (Å²) in [4.78, 5) is 53.4. The molecule has 2 saturated heterocycles. The van der Waals surface area contributed by atoms with E-state index in [0.29, 0.717) is 32.2 Å². The summed E-state index contributed by atoms with van der Waals surface area (Å²) in [6, 6.07) is -2.20. The third kappa shape index (κ3) is 5.01. The van der Waals surface area contributed by atoms with Gasteiger partial charge in [0.15, 0.2) is 0 Å². The first-order chi connectivity index (χ1) is 13.1. The highest BCUT2D eigenvalue weighted by Gasteiger charge is 2.44. The van der Waals surface area contributed by atoms with Crippen molar-refractivity contribution in [2.24, 2.45) is 11.7 Å². The lowest BCUT2D eigenvalue weighted by atomic mass is 10.0. The third-order valence-corrected chi connectivity index (χ3v) is 5.60. The van der Waals surface area contributed by atoms with Crippen LogP contribution in [0.2, 0.25) is 0 Å². The summed E-state index contributed by atoms with van der Waals surface area (Å²) in [5.74, 6) is -1.03. The standard InChI is InChI=1S/C19H33N5O4/c1-11(2)9-16(25)23-8-7-13-5-6-15(17(20)26)24(13)19(28)14(10-23)22-18(27)12(3)21-4/h11-15,21H,5-10H2,1-4H3,(H2,20,26)(H,22,27)/t12-,13+,14-,15-/m0/s1. The molecule has 28 heavy (non-hydrogen) atoms. The molecule has 0 spiro atoms. The molecule has 4 atom stereocenters. The molecule has 0 aromatic carbocycles. The average Bonchev–Trinajstić information content (AvgIpc) is 3.04. The largest absolute Gasteiger partial charge is 0.368 e.